The van der Waals surface area contributed by atoms with Gasteiger partial charge in [-0.2, -0.15) is 8.78 Å². The van der Waals surface area contributed by atoms with Crippen LogP contribution in [0, 0.1) is 5.92 Å². The molecule has 2 aromatic rings. The summed E-state index contributed by atoms with van der Waals surface area (Å²) in [5.41, 5.74) is 0.941. The monoisotopic (exact) mass is 420 g/mol. The number of carbonyl (C=O) groups excluding carboxylic acids is 2. The van der Waals surface area contributed by atoms with Crippen LogP contribution in [-0.4, -0.2) is 37.3 Å². The number of benzene rings is 2. The quantitative estimate of drug-likeness (QED) is 0.746. The van der Waals surface area contributed by atoms with E-state index in [1.54, 1.807) is 36.4 Å². The number of ether oxygens (including phenoxy) is 2. The molecule has 0 aliphatic carbocycles. The first-order valence-electron chi connectivity index (χ1n) is 9.06. The summed E-state index contributed by atoms with van der Waals surface area (Å²) >= 11 is 0.369. The van der Waals surface area contributed by atoms with Crippen LogP contribution < -0.4 is 19.7 Å². The molecule has 1 fully saturated rings. The molecule has 2 aromatic carbocycles. The van der Waals surface area contributed by atoms with Gasteiger partial charge < -0.3 is 19.7 Å². The van der Waals surface area contributed by atoms with Crippen molar-refractivity contribution in [2.24, 2.45) is 5.92 Å². The molecule has 1 saturated heterocycles. The number of amides is 2. The Morgan fingerprint density at radius 2 is 1.90 bits per heavy atom. The van der Waals surface area contributed by atoms with Crippen LogP contribution in [0.25, 0.3) is 0 Å². The zero-order valence-electron chi connectivity index (χ0n) is 15.3. The van der Waals surface area contributed by atoms with Gasteiger partial charge in [0.1, 0.15) is 13.2 Å². The molecule has 4 rings (SSSR count). The third-order valence-corrected chi connectivity index (χ3v) is 5.48. The van der Waals surface area contributed by atoms with Crippen molar-refractivity contribution in [2.75, 3.05) is 30.0 Å². The summed E-state index contributed by atoms with van der Waals surface area (Å²) in [6.45, 7) is 1.11. The van der Waals surface area contributed by atoms with Gasteiger partial charge in [0.25, 0.3) is 5.76 Å². The Bertz CT molecular complexity index is 940. The van der Waals surface area contributed by atoms with Gasteiger partial charge in [-0.25, -0.2) is 0 Å². The fraction of sp³-hybridized carbons (Fsp3) is 0.300. The minimum absolute atomic E-state index is 0.0461. The number of carbonyl (C=O) groups is 2. The average Bonchev–Trinajstić information content (AvgIpc) is 3.10. The second-order valence-electron chi connectivity index (χ2n) is 6.60. The standard InChI is InChI=1S/C20H18F2N2O4S/c21-20(22)29-17-4-2-1-3-14(17)23-19(26)12-9-18(25)24(11-12)13-5-6-15-16(10-13)28-8-7-27-15/h1-6,10,12,20H,7-9,11H2,(H,23,26)/t12-/m0/s1. The summed E-state index contributed by atoms with van der Waals surface area (Å²) < 4.78 is 36.5. The molecule has 0 radical (unpaired) electrons. The fourth-order valence-corrected chi connectivity index (χ4v) is 3.93. The predicted octanol–water partition coefficient (Wildman–Crippen LogP) is 3.76. The van der Waals surface area contributed by atoms with E-state index in [1.165, 1.54) is 11.0 Å². The number of hydrogen-bond acceptors (Lipinski definition) is 5. The number of thioether (sulfide) groups is 1. The van der Waals surface area contributed by atoms with E-state index in [0.29, 0.717) is 47.8 Å². The smallest absolute Gasteiger partial charge is 0.288 e. The second-order valence-corrected chi connectivity index (χ2v) is 7.63. The molecule has 0 spiro atoms. The van der Waals surface area contributed by atoms with E-state index in [2.05, 4.69) is 5.32 Å². The highest BCUT2D eigenvalue weighted by atomic mass is 32.2. The van der Waals surface area contributed by atoms with Gasteiger partial charge in [0.15, 0.2) is 11.5 Å². The summed E-state index contributed by atoms with van der Waals surface area (Å²) in [6, 6.07) is 11.6. The van der Waals surface area contributed by atoms with E-state index < -0.39 is 11.7 Å². The van der Waals surface area contributed by atoms with Crippen LogP contribution in [0.4, 0.5) is 20.2 Å². The van der Waals surface area contributed by atoms with Crippen LogP contribution in [-0.2, 0) is 9.59 Å². The lowest BCUT2D eigenvalue weighted by Crippen LogP contribution is -2.28. The Morgan fingerprint density at radius 1 is 1.14 bits per heavy atom. The molecule has 2 amide bonds. The van der Waals surface area contributed by atoms with Crippen molar-refractivity contribution < 1.29 is 27.8 Å². The lowest BCUT2D eigenvalue weighted by atomic mass is 10.1. The first-order valence-corrected chi connectivity index (χ1v) is 9.94. The molecule has 1 atom stereocenters. The van der Waals surface area contributed by atoms with E-state index in [-0.39, 0.29) is 29.7 Å². The first-order chi connectivity index (χ1) is 14.0. The molecule has 1 N–H and O–H groups in total. The Labute approximate surface area is 170 Å². The minimum atomic E-state index is -2.59. The maximum atomic E-state index is 12.7. The van der Waals surface area contributed by atoms with Gasteiger partial charge in [0, 0.05) is 29.6 Å². The molecular weight excluding hydrogens is 402 g/mol. The zero-order valence-corrected chi connectivity index (χ0v) is 16.1. The molecule has 0 unspecified atom stereocenters. The number of rotatable bonds is 5. The average molecular weight is 420 g/mol. The summed E-state index contributed by atoms with van der Waals surface area (Å²) in [5, 5.41) is 2.68. The summed E-state index contributed by atoms with van der Waals surface area (Å²) in [5.74, 6) is -2.55. The van der Waals surface area contributed by atoms with Gasteiger partial charge in [-0.15, -0.1) is 0 Å². The van der Waals surface area contributed by atoms with Crippen LogP contribution >= 0.6 is 11.8 Å². The molecule has 29 heavy (non-hydrogen) atoms. The van der Waals surface area contributed by atoms with Crippen LogP contribution in [0.15, 0.2) is 47.4 Å². The molecule has 9 heteroatoms. The van der Waals surface area contributed by atoms with Gasteiger partial charge in [0.05, 0.1) is 11.6 Å². The molecule has 2 heterocycles. The minimum Gasteiger partial charge on any atom is -0.486 e. The molecular formula is C20H18F2N2O4S. The molecule has 0 bridgehead atoms. The number of nitrogens with one attached hydrogen (secondary N) is 1. The predicted molar refractivity (Wildman–Crippen MR) is 105 cm³/mol. The van der Waals surface area contributed by atoms with Crippen LogP contribution in [0.5, 0.6) is 11.5 Å². The maximum Gasteiger partial charge on any atom is 0.288 e. The molecule has 0 aromatic heterocycles. The Balaban J connectivity index is 1.46. The van der Waals surface area contributed by atoms with Crippen LogP contribution in [0.3, 0.4) is 0 Å². The van der Waals surface area contributed by atoms with Crippen molar-refractivity contribution in [3.05, 3.63) is 42.5 Å². The second kappa shape index (κ2) is 8.28. The number of fused-ring (bicyclic) bond motifs is 1. The SMILES string of the molecule is O=C(Nc1ccccc1SC(F)F)[C@H]1CC(=O)N(c2ccc3c(c2)OCCO3)C1. The number of nitrogens with zero attached hydrogens (tertiary/aromatic N) is 1. The number of halogens is 2. The van der Waals surface area contributed by atoms with Crippen molar-refractivity contribution in [1.29, 1.82) is 0 Å². The van der Waals surface area contributed by atoms with E-state index in [0.717, 1.165) is 0 Å². The van der Waals surface area contributed by atoms with Crippen molar-refractivity contribution in [1.82, 2.24) is 0 Å². The largest absolute Gasteiger partial charge is 0.486 e. The van der Waals surface area contributed by atoms with Crippen LogP contribution in [0.1, 0.15) is 6.42 Å². The lowest BCUT2D eigenvalue weighted by Gasteiger charge is -2.22. The Morgan fingerprint density at radius 3 is 2.69 bits per heavy atom. The first kappa shape index (κ1) is 19.5. The Hall–Kier alpha value is -2.81. The lowest BCUT2D eigenvalue weighted by molar-refractivity contribution is -0.122. The maximum absolute atomic E-state index is 12.7. The van der Waals surface area contributed by atoms with Crippen molar-refractivity contribution in [3.8, 4) is 11.5 Å². The fourth-order valence-electron chi connectivity index (χ4n) is 3.34. The van der Waals surface area contributed by atoms with Gasteiger partial charge in [-0.1, -0.05) is 23.9 Å². The molecule has 2 aliphatic rings. The number of alkyl halides is 2. The van der Waals surface area contributed by atoms with Crippen molar-refractivity contribution in [2.45, 2.75) is 17.1 Å². The molecule has 152 valence electrons. The van der Waals surface area contributed by atoms with Crippen molar-refractivity contribution in [3.63, 3.8) is 0 Å². The van der Waals surface area contributed by atoms with Gasteiger partial charge in [0.2, 0.25) is 11.8 Å². The summed E-state index contributed by atoms with van der Waals surface area (Å²) in [6.07, 6.45) is 0.0461. The van der Waals surface area contributed by atoms with Gasteiger partial charge in [-0.3, -0.25) is 9.59 Å². The topological polar surface area (TPSA) is 67.9 Å². The molecule has 6 nitrogen and oxygen atoms in total. The van der Waals surface area contributed by atoms with Gasteiger partial charge >= 0.3 is 0 Å². The zero-order chi connectivity index (χ0) is 20.4. The highest BCUT2D eigenvalue weighted by Crippen LogP contribution is 2.36. The van der Waals surface area contributed by atoms with E-state index in [9.17, 15) is 18.4 Å². The highest BCUT2D eigenvalue weighted by molar-refractivity contribution is 7.99. The van der Waals surface area contributed by atoms with Crippen LogP contribution in [0.2, 0.25) is 0 Å². The third kappa shape index (κ3) is 4.29. The number of hydrogen-bond donors (Lipinski definition) is 1. The normalized spacial score (nSPS) is 18.2. The molecule has 0 saturated carbocycles. The van der Waals surface area contributed by atoms with Crippen molar-refractivity contribution >= 4 is 35.0 Å². The molecule has 2 aliphatic heterocycles. The Kier molecular flexibility index (Phi) is 5.57. The van der Waals surface area contributed by atoms with E-state index in [4.69, 9.17) is 9.47 Å². The third-order valence-electron chi connectivity index (χ3n) is 4.69. The summed E-state index contributed by atoms with van der Waals surface area (Å²) in [7, 11) is 0. The van der Waals surface area contributed by atoms with E-state index in [1.807, 2.05) is 0 Å². The van der Waals surface area contributed by atoms with E-state index >= 15 is 0 Å². The van der Waals surface area contributed by atoms with Gasteiger partial charge in [-0.05, 0) is 24.3 Å². The number of anilines is 2. The number of para-hydroxylation sites is 1. The highest BCUT2D eigenvalue weighted by Gasteiger charge is 2.36. The summed E-state index contributed by atoms with van der Waals surface area (Å²) in [4.78, 5) is 27.0.